The molecule has 1 aliphatic heterocycles. The van der Waals surface area contributed by atoms with Gasteiger partial charge in [-0.2, -0.15) is 5.10 Å². The molecule has 0 bridgehead atoms. The van der Waals surface area contributed by atoms with E-state index in [9.17, 15) is 0 Å². The molecule has 2 aromatic rings. The molecule has 0 amide bonds. The summed E-state index contributed by atoms with van der Waals surface area (Å²) in [6.07, 6.45) is 5.36. The van der Waals surface area contributed by atoms with Crippen molar-refractivity contribution in [2.45, 2.75) is 58.2 Å². The zero-order valence-electron chi connectivity index (χ0n) is 15.1. The number of hydrogen-bond acceptors (Lipinski definition) is 3. The fourth-order valence-electron chi connectivity index (χ4n) is 3.92. The van der Waals surface area contributed by atoms with Gasteiger partial charge in [0.05, 0.1) is 11.4 Å². The number of piperidine rings is 1. The Morgan fingerprint density at radius 3 is 2.40 bits per heavy atom. The third-order valence-corrected chi connectivity index (χ3v) is 5.92. The Morgan fingerprint density at radius 1 is 1.08 bits per heavy atom. The molecule has 5 heteroatoms. The maximum absolute atomic E-state index is 6.00. The highest BCUT2D eigenvalue weighted by molar-refractivity contribution is 6.30. The van der Waals surface area contributed by atoms with Gasteiger partial charge in [0.15, 0.2) is 0 Å². The summed E-state index contributed by atoms with van der Waals surface area (Å²) in [7, 11) is 0. The van der Waals surface area contributed by atoms with Gasteiger partial charge in [-0.15, -0.1) is 0 Å². The highest BCUT2D eigenvalue weighted by Gasteiger charge is 2.31. The molecule has 4 nitrogen and oxygen atoms in total. The van der Waals surface area contributed by atoms with Gasteiger partial charge in [0.2, 0.25) is 0 Å². The Kier molecular flexibility index (Phi) is 4.85. The van der Waals surface area contributed by atoms with Crippen LogP contribution < -0.4 is 5.32 Å². The number of likely N-dealkylation sites (tertiary alicyclic amines) is 1. The predicted molar refractivity (Wildman–Crippen MR) is 103 cm³/mol. The number of hydrogen-bond donors (Lipinski definition) is 1. The Labute approximate surface area is 155 Å². The number of aryl methyl sites for hydroxylation is 1. The standard InChI is InChI=1S/C20H27ClN4/c1-14-20(13-22-17-9-11-24(12-10-17)18-7-8-18)15(2)25(23-14)19-5-3-16(21)4-6-19/h3-6,17-18,22H,7-13H2,1-2H3. The van der Waals surface area contributed by atoms with Gasteiger partial charge in [0.1, 0.15) is 0 Å². The highest BCUT2D eigenvalue weighted by atomic mass is 35.5. The second kappa shape index (κ2) is 7.10. The average Bonchev–Trinajstić information content (AvgIpc) is 3.42. The van der Waals surface area contributed by atoms with E-state index in [0.29, 0.717) is 6.04 Å². The van der Waals surface area contributed by atoms with E-state index in [-0.39, 0.29) is 0 Å². The van der Waals surface area contributed by atoms with Crippen molar-refractivity contribution in [3.05, 3.63) is 46.2 Å². The molecule has 2 heterocycles. The predicted octanol–water partition coefficient (Wildman–Crippen LogP) is 3.86. The van der Waals surface area contributed by atoms with E-state index in [2.05, 4.69) is 24.1 Å². The zero-order chi connectivity index (χ0) is 17.4. The van der Waals surface area contributed by atoms with Crippen molar-refractivity contribution in [3.63, 3.8) is 0 Å². The van der Waals surface area contributed by atoms with E-state index in [4.69, 9.17) is 16.7 Å². The molecule has 1 aromatic carbocycles. The first kappa shape index (κ1) is 17.1. The van der Waals surface area contributed by atoms with Crippen LogP contribution in [0.1, 0.15) is 42.6 Å². The largest absolute Gasteiger partial charge is 0.310 e. The maximum Gasteiger partial charge on any atom is 0.0649 e. The van der Waals surface area contributed by atoms with Crippen molar-refractivity contribution in [3.8, 4) is 5.69 Å². The van der Waals surface area contributed by atoms with E-state index in [0.717, 1.165) is 29.0 Å². The minimum absolute atomic E-state index is 0.632. The smallest absolute Gasteiger partial charge is 0.0649 e. The number of aromatic nitrogens is 2. The minimum Gasteiger partial charge on any atom is -0.310 e. The second-order valence-electron chi connectivity index (χ2n) is 7.46. The number of halogens is 1. The number of benzene rings is 1. The van der Waals surface area contributed by atoms with Crippen LogP contribution >= 0.6 is 11.6 Å². The average molecular weight is 359 g/mol. The molecule has 1 saturated heterocycles. The first-order valence-corrected chi connectivity index (χ1v) is 9.78. The van der Waals surface area contributed by atoms with Gasteiger partial charge >= 0.3 is 0 Å². The SMILES string of the molecule is Cc1nn(-c2ccc(Cl)cc2)c(C)c1CNC1CCN(C2CC2)CC1. The molecule has 0 spiro atoms. The highest BCUT2D eigenvalue weighted by Crippen LogP contribution is 2.29. The van der Waals surface area contributed by atoms with E-state index in [1.54, 1.807) is 0 Å². The summed E-state index contributed by atoms with van der Waals surface area (Å²) in [5, 5.41) is 9.27. The zero-order valence-corrected chi connectivity index (χ0v) is 15.9. The molecule has 25 heavy (non-hydrogen) atoms. The van der Waals surface area contributed by atoms with Crippen molar-refractivity contribution in [1.82, 2.24) is 20.0 Å². The van der Waals surface area contributed by atoms with E-state index in [1.165, 1.54) is 50.0 Å². The van der Waals surface area contributed by atoms with Crippen LogP contribution in [-0.4, -0.2) is 39.9 Å². The van der Waals surface area contributed by atoms with Crippen LogP contribution in [0.4, 0.5) is 0 Å². The lowest BCUT2D eigenvalue weighted by Crippen LogP contribution is -2.43. The molecule has 1 aliphatic carbocycles. The number of rotatable bonds is 5. The minimum atomic E-state index is 0.632. The fraction of sp³-hybridized carbons (Fsp3) is 0.550. The lowest BCUT2D eigenvalue weighted by Gasteiger charge is -2.32. The summed E-state index contributed by atoms with van der Waals surface area (Å²) in [6.45, 7) is 7.67. The first-order chi connectivity index (χ1) is 12.1. The molecule has 0 unspecified atom stereocenters. The normalized spacial score (nSPS) is 19.5. The van der Waals surface area contributed by atoms with Crippen LogP contribution in [0.3, 0.4) is 0 Å². The van der Waals surface area contributed by atoms with E-state index >= 15 is 0 Å². The number of nitrogens with zero attached hydrogens (tertiary/aromatic N) is 3. The van der Waals surface area contributed by atoms with E-state index < -0.39 is 0 Å². The number of nitrogens with one attached hydrogen (secondary N) is 1. The summed E-state index contributed by atoms with van der Waals surface area (Å²) in [4.78, 5) is 2.67. The van der Waals surface area contributed by atoms with Gasteiger partial charge in [-0.3, -0.25) is 0 Å². The van der Waals surface area contributed by atoms with Gasteiger partial charge in [-0.25, -0.2) is 4.68 Å². The summed E-state index contributed by atoms with van der Waals surface area (Å²) in [5.41, 5.74) is 4.70. The van der Waals surface area contributed by atoms with Crippen LogP contribution in [0.25, 0.3) is 5.69 Å². The fourth-order valence-corrected chi connectivity index (χ4v) is 4.05. The first-order valence-electron chi connectivity index (χ1n) is 9.40. The van der Waals surface area contributed by atoms with E-state index in [1.807, 2.05) is 28.9 Å². The Morgan fingerprint density at radius 2 is 1.76 bits per heavy atom. The summed E-state index contributed by atoms with van der Waals surface area (Å²) < 4.78 is 2.03. The van der Waals surface area contributed by atoms with Gasteiger partial charge in [0.25, 0.3) is 0 Å². The van der Waals surface area contributed by atoms with Crippen molar-refractivity contribution < 1.29 is 0 Å². The summed E-state index contributed by atoms with van der Waals surface area (Å²) in [5.74, 6) is 0. The molecule has 2 aliphatic rings. The topological polar surface area (TPSA) is 33.1 Å². The third-order valence-electron chi connectivity index (χ3n) is 5.67. The second-order valence-corrected chi connectivity index (χ2v) is 7.90. The van der Waals surface area contributed by atoms with Crippen LogP contribution in [0.2, 0.25) is 5.02 Å². The van der Waals surface area contributed by atoms with Crippen molar-refractivity contribution in [2.24, 2.45) is 0 Å². The van der Waals surface area contributed by atoms with Crippen molar-refractivity contribution in [2.75, 3.05) is 13.1 Å². The molecule has 1 N–H and O–H groups in total. The molecular weight excluding hydrogens is 332 g/mol. The van der Waals surface area contributed by atoms with Gasteiger partial charge in [-0.05, 0) is 76.9 Å². The van der Waals surface area contributed by atoms with Crippen LogP contribution in [0.5, 0.6) is 0 Å². The molecule has 134 valence electrons. The van der Waals surface area contributed by atoms with Crippen LogP contribution in [0, 0.1) is 13.8 Å². The molecular formula is C20H27ClN4. The lowest BCUT2D eigenvalue weighted by atomic mass is 10.0. The molecule has 1 aromatic heterocycles. The Balaban J connectivity index is 1.40. The van der Waals surface area contributed by atoms with Gasteiger partial charge in [0, 0.05) is 34.9 Å². The summed E-state index contributed by atoms with van der Waals surface area (Å²) in [6, 6.07) is 9.41. The lowest BCUT2D eigenvalue weighted by molar-refractivity contribution is 0.189. The van der Waals surface area contributed by atoms with Crippen LogP contribution in [0.15, 0.2) is 24.3 Å². The Hall–Kier alpha value is -1.36. The molecule has 2 fully saturated rings. The molecule has 4 rings (SSSR count). The maximum atomic E-state index is 6.00. The van der Waals surface area contributed by atoms with Gasteiger partial charge < -0.3 is 10.2 Å². The molecule has 0 radical (unpaired) electrons. The van der Waals surface area contributed by atoms with Crippen LogP contribution in [-0.2, 0) is 6.54 Å². The van der Waals surface area contributed by atoms with Crippen molar-refractivity contribution in [1.29, 1.82) is 0 Å². The third kappa shape index (κ3) is 3.76. The summed E-state index contributed by atoms with van der Waals surface area (Å²) >= 11 is 6.00. The molecule has 0 atom stereocenters. The quantitative estimate of drug-likeness (QED) is 0.881. The van der Waals surface area contributed by atoms with Gasteiger partial charge in [-0.1, -0.05) is 11.6 Å². The monoisotopic (exact) mass is 358 g/mol. The molecule has 1 saturated carbocycles. The Bertz CT molecular complexity index is 725. The van der Waals surface area contributed by atoms with Crippen molar-refractivity contribution >= 4 is 11.6 Å².